The van der Waals surface area contributed by atoms with E-state index in [1.807, 2.05) is 13.8 Å². The molecule has 0 saturated carbocycles. The summed E-state index contributed by atoms with van der Waals surface area (Å²) < 4.78 is 23.3. The maximum absolute atomic E-state index is 12.4. The summed E-state index contributed by atoms with van der Waals surface area (Å²) in [5, 5.41) is 4.65. The highest BCUT2D eigenvalue weighted by Gasteiger charge is 2.24. The van der Waals surface area contributed by atoms with Crippen LogP contribution < -0.4 is 5.32 Å². The smallest absolute Gasteiger partial charge is 0.252 e. The Labute approximate surface area is 149 Å². The molecule has 7 heteroatoms. The summed E-state index contributed by atoms with van der Waals surface area (Å²) in [6, 6.07) is 1.46. The fourth-order valence-electron chi connectivity index (χ4n) is 2.87. The fraction of sp³-hybridized carbons (Fsp3) is 0.706. The van der Waals surface area contributed by atoms with Crippen molar-refractivity contribution in [3.8, 4) is 0 Å². The summed E-state index contributed by atoms with van der Waals surface area (Å²) in [7, 11) is -3.26. The third-order valence-corrected chi connectivity index (χ3v) is 7.17. The molecule has 0 aromatic carbocycles. The minimum absolute atomic E-state index is 0.206. The van der Waals surface area contributed by atoms with Crippen molar-refractivity contribution >= 4 is 27.1 Å². The summed E-state index contributed by atoms with van der Waals surface area (Å²) in [5.41, 5.74) is 0.0969. The zero-order valence-electron chi connectivity index (χ0n) is 14.8. The van der Waals surface area contributed by atoms with Crippen LogP contribution in [0.4, 0.5) is 0 Å². The minimum Gasteiger partial charge on any atom is -0.347 e. The molecule has 136 valence electrons. The third kappa shape index (κ3) is 5.86. The quantitative estimate of drug-likeness (QED) is 0.834. The predicted octanol–water partition coefficient (Wildman–Crippen LogP) is 2.93. The topological polar surface area (TPSA) is 66.5 Å². The standard InChI is InChI=1S/C17H28N2O3S2/c1-17(2,8-11-19-9-6-4-5-7-10-19)18-16(20)14-12-15(23-13-14)24(3,21)22/h12-13H,4-11H2,1-3H3,(H,18,20). The van der Waals surface area contributed by atoms with Gasteiger partial charge in [0.2, 0.25) is 0 Å². The van der Waals surface area contributed by atoms with E-state index in [9.17, 15) is 13.2 Å². The van der Waals surface area contributed by atoms with Crippen LogP contribution in [0.1, 0.15) is 56.3 Å². The lowest BCUT2D eigenvalue weighted by molar-refractivity contribution is 0.0903. The maximum atomic E-state index is 12.4. The van der Waals surface area contributed by atoms with Gasteiger partial charge in [-0.1, -0.05) is 12.8 Å². The molecule has 0 radical (unpaired) electrons. The van der Waals surface area contributed by atoms with Gasteiger partial charge in [-0.2, -0.15) is 0 Å². The lowest BCUT2D eigenvalue weighted by Gasteiger charge is -2.29. The van der Waals surface area contributed by atoms with E-state index in [1.54, 1.807) is 5.38 Å². The molecular formula is C17H28N2O3S2. The van der Waals surface area contributed by atoms with Gasteiger partial charge < -0.3 is 10.2 Å². The van der Waals surface area contributed by atoms with Crippen LogP contribution in [-0.2, 0) is 9.84 Å². The van der Waals surface area contributed by atoms with E-state index in [1.165, 1.54) is 31.7 Å². The van der Waals surface area contributed by atoms with E-state index in [4.69, 9.17) is 0 Å². The number of sulfone groups is 1. The molecule has 0 atom stereocenters. The maximum Gasteiger partial charge on any atom is 0.252 e. The van der Waals surface area contributed by atoms with Gasteiger partial charge in [-0.3, -0.25) is 4.79 Å². The van der Waals surface area contributed by atoms with Gasteiger partial charge in [-0.25, -0.2) is 8.42 Å². The number of nitrogens with zero attached hydrogens (tertiary/aromatic N) is 1. The second-order valence-electron chi connectivity index (χ2n) is 7.27. The van der Waals surface area contributed by atoms with Crippen LogP contribution in [0.25, 0.3) is 0 Å². The molecule has 1 N–H and O–H groups in total. The number of thiophene rings is 1. The average Bonchev–Trinajstić information content (AvgIpc) is 2.84. The summed E-state index contributed by atoms with van der Waals surface area (Å²) in [6.07, 6.45) is 7.19. The number of nitrogens with one attached hydrogen (secondary N) is 1. The zero-order valence-corrected chi connectivity index (χ0v) is 16.4. The Balaban J connectivity index is 1.90. The molecule has 1 aromatic heterocycles. The Morgan fingerprint density at radius 3 is 2.42 bits per heavy atom. The number of amides is 1. The lowest BCUT2D eigenvalue weighted by Crippen LogP contribution is -2.45. The van der Waals surface area contributed by atoms with Gasteiger partial charge in [0.15, 0.2) is 9.84 Å². The van der Waals surface area contributed by atoms with Gasteiger partial charge in [-0.05, 0) is 52.3 Å². The molecule has 0 bridgehead atoms. The van der Waals surface area contributed by atoms with Gasteiger partial charge >= 0.3 is 0 Å². The first-order chi connectivity index (χ1) is 11.2. The van der Waals surface area contributed by atoms with Crippen molar-refractivity contribution in [1.82, 2.24) is 10.2 Å². The average molecular weight is 373 g/mol. The number of likely N-dealkylation sites (tertiary alicyclic amines) is 1. The van der Waals surface area contributed by atoms with E-state index in [2.05, 4.69) is 10.2 Å². The van der Waals surface area contributed by atoms with Gasteiger partial charge in [0, 0.05) is 23.7 Å². The molecule has 2 heterocycles. The molecule has 0 aliphatic carbocycles. The SMILES string of the molecule is CC(C)(CCN1CCCCCC1)NC(=O)c1csc(S(C)(=O)=O)c1. The molecule has 1 fully saturated rings. The van der Waals surface area contributed by atoms with Crippen LogP contribution >= 0.6 is 11.3 Å². The van der Waals surface area contributed by atoms with Crippen LogP contribution in [0.15, 0.2) is 15.7 Å². The van der Waals surface area contributed by atoms with E-state index in [0.717, 1.165) is 43.6 Å². The van der Waals surface area contributed by atoms with Crippen molar-refractivity contribution < 1.29 is 13.2 Å². The Kier molecular flexibility index (Phi) is 6.45. The lowest BCUT2D eigenvalue weighted by atomic mass is 9.99. The Bertz CT molecular complexity index is 657. The molecule has 1 saturated heterocycles. The molecule has 1 aliphatic heterocycles. The van der Waals surface area contributed by atoms with Gasteiger partial charge in [0.1, 0.15) is 4.21 Å². The van der Waals surface area contributed by atoms with Crippen molar-refractivity contribution in [3.63, 3.8) is 0 Å². The first-order valence-electron chi connectivity index (χ1n) is 8.51. The van der Waals surface area contributed by atoms with Crippen LogP contribution in [0.5, 0.6) is 0 Å². The monoisotopic (exact) mass is 372 g/mol. The normalized spacial score (nSPS) is 17.5. The van der Waals surface area contributed by atoms with Gasteiger partial charge in [-0.15, -0.1) is 11.3 Å². The second kappa shape index (κ2) is 7.97. The predicted molar refractivity (Wildman–Crippen MR) is 98.5 cm³/mol. The number of carbonyl (C=O) groups excluding carboxylic acids is 1. The van der Waals surface area contributed by atoms with E-state index in [0.29, 0.717) is 5.56 Å². The molecule has 1 aromatic rings. The molecule has 0 unspecified atom stereocenters. The number of carbonyl (C=O) groups is 1. The Morgan fingerprint density at radius 1 is 1.25 bits per heavy atom. The molecule has 2 rings (SSSR count). The highest BCUT2D eigenvalue weighted by molar-refractivity contribution is 7.92. The van der Waals surface area contributed by atoms with E-state index in [-0.39, 0.29) is 15.7 Å². The van der Waals surface area contributed by atoms with Crippen LogP contribution in [0.3, 0.4) is 0 Å². The van der Waals surface area contributed by atoms with Crippen molar-refractivity contribution in [3.05, 3.63) is 17.0 Å². The van der Waals surface area contributed by atoms with Gasteiger partial charge in [0.25, 0.3) is 5.91 Å². The number of hydrogen-bond donors (Lipinski definition) is 1. The first kappa shape index (κ1) is 19.4. The molecule has 1 aliphatic rings. The summed E-state index contributed by atoms with van der Waals surface area (Å²) >= 11 is 1.09. The summed E-state index contributed by atoms with van der Waals surface area (Å²) in [6.45, 7) is 7.31. The second-order valence-corrected chi connectivity index (χ2v) is 10.4. The van der Waals surface area contributed by atoms with Crippen molar-refractivity contribution in [2.75, 3.05) is 25.9 Å². The highest BCUT2D eigenvalue weighted by Crippen LogP contribution is 2.21. The zero-order chi connectivity index (χ0) is 17.8. The minimum atomic E-state index is -3.26. The molecule has 24 heavy (non-hydrogen) atoms. The van der Waals surface area contributed by atoms with Crippen molar-refractivity contribution in [1.29, 1.82) is 0 Å². The van der Waals surface area contributed by atoms with Crippen LogP contribution in [0.2, 0.25) is 0 Å². The molecular weight excluding hydrogens is 344 g/mol. The fourth-order valence-corrected chi connectivity index (χ4v) is 4.67. The van der Waals surface area contributed by atoms with E-state index >= 15 is 0 Å². The third-order valence-electron chi connectivity index (χ3n) is 4.41. The molecule has 1 amide bonds. The molecule has 0 spiro atoms. The summed E-state index contributed by atoms with van der Waals surface area (Å²) in [5.74, 6) is -0.206. The van der Waals surface area contributed by atoms with Crippen molar-refractivity contribution in [2.45, 2.75) is 55.7 Å². The highest BCUT2D eigenvalue weighted by atomic mass is 32.2. The Hall–Kier alpha value is -0.920. The first-order valence-corrected chi connectivity index (χ1v) is 11.3. The van der Waals surface area contributed by atoms with Crippen molar-refractivity contribution in [2.24, 2.45) is 0 Å². The molecule has 5 nitrogen and oxygen atoms in total. The summed E-state index contributed by atoms with van der Waals surface area (Å²) in [4.78, 5) is 14.9. The van der Waals surface area contributed by atoms with E-state index < -0.39 is 9.84 Å². The largest absolute Gasteiger partial charge is 0.347 e. The van der Waals surface area contributed by atoms with Gasteiger partial charge in [0.05, 0.1) is 5.56 Å². The Morgan fingerprint density at radius 2 is 1.88 bits per heavy atom. The number of rotatable bonds is 6. The number of hydrogen-bond acceptors (Lipinski definition) is 5. The van der Waals surface area contributed by atoms with Crippen LogP contribution in [-0.4, -0.2) is 50.7 Å². The van der Waals surface area contributed by atoms with Crippen LogP contribution in [0, 0.1) is 0 Å².